The molecule has 1 unspecified atom stereocenters. The van der Waals surface area contributed by atoms with Gasteiger partial charge in [0.1, 0.15) is 5.75 Å². The van der Waals surface area contributed by atoms with Crippen molar-refractivity contribution in [3.8, 4) is 5.75 Å². The maximum absolute atomic E-state index is 11.1. The highest BCUT2D eigenvalue weighted by Crippen LogP contribution is 2.19. The van der Waals surface area contributed by atoms with E-state index in [1.807, 2.05) is 24.3 Å². The number of benzene rings is 1. The summed E-state index contributed by atoms with van der Waals surface area (Å²) >= 11 is 0. The Morgan fingerprint density at radius 2 is 2.21 bits per heavy atom. The number of ether oxygens (including phenoxy) is 1. The lowest BCUT2D eigenvalue weighted by atomic mass is 10.2. The molecule has 1 aromatic rings. The van der Waals surface area contributed by atoms with Crippen molar-refractivity contribution < 1.29 is 9.53 Å². The first-order valence-electron chi connectivity index (χ1n) is 6.87. The molecule has 1 aromatic carbocycles. The summed E-state index contributed by atoms with van der Waals surface area (Å²) in [7, 11) is 1.66. The number of carbonyl (C=O) groups excluding carboxylic acids is 1. The van der Waals surface area contributed by atoms with Crippen molar-refractivity contribution in [2.75, 3.05) is 18.9 Å². The highest BCUT2D eigenvalue weighted by molar-refractivity contribution is 5.75. The molecule has 4 nitrogen and oxygen atoms in total. The van der Waals surface area contributed by atoms with Gasteiger partial charge in [-0.05, 0) is 31.9 Å². The molecule has 0 aliphatic heterocycles. The van der Waals surface area contributed by atoms with Crippen LogP contribution in [0.5, 0.6) is 5.75 Å². The van der Waals surface area contributed by atoms with Gasteiger partial charge in [-0.25, -0.2) is 0 Å². The van der Waals surface area contributed by atoms with Crippen LogP contribution in [-0.4, -0.2) is 25.6 Å². The van der Waals surface area contributed by atoms with E-state index in [0.29, 0.717) is 6.42 Å². The standard InChI is InChI=1S/C15H24N2O2/c1-4-12(2)19-14-8-5-7-13(11-14)17-10-6-9-15(18)16-3/h5,7-8,11-12,17H,4,6,9-10H2,1-3H3,(H,16,18). The summed E-state index contributed by atoms with van der Waals surface area (Å²) in [6, 6.07) is 7.93. The van der Waals surface area contributed by atoms with Gasteiger partial charge in [0, 0.05) is 31.8 Å². The lowest BCUT2D eigenvalue weighted by molar-refractivity contribution is -0.120. The first-order valence-corrected chi connectivity index (χ1v) is 6.87. The largest absolute Gasteiger partial charge is 0.491 e. The van der Waals surface area contributed by atoms with Crippen LogP contribution in [0, 0.1) is 0 Å². The zero-order valence-corrected chi connectivity index (χ0v) is 12.0. The average Bonchev–Trinajstić information content (AvgIpc) is 2.43. The van der Waals surface area contributed by atoms with Crippen LogP contribution in [0.1, 0.15) is 33.1 Å². The lowest BCUT2D eigenvalue weighted by Gasteiger charge is -2.14. The molecule has 0 bridgehead atoms. The van der Waals surface area contributed by atoms with Crippen molar-refractivity contribution in [3.05, 3.63) is 24.3 Å². The molecule has 1 amide bonds. The summed E-state index contributed by atoms with van der Waals surface area (Å²) in [5.41, 5.74) is 1.03. The van der Waals surface area contributed by atoms with Gasteiger partial charge in [0.2, 0.25) is 5.91 Å². The van der Waals surface area contributed by atoms with Crippen LogP contribution < -0.4 is 15.4 Å². The second-order valence-corrected chi connectivity index (χ2v) is 4.57. The van der Waals surface area contributed by atoms with Gasteiger partial charge in [0.25, 0.3) is 0 Å². The zero-order chi connectivity index (χ0) is 14.1. The summed E-state index contributed by atoms with van der Waals surface area (Å²) in [6.07, 6.45) is 2.58. The molecular formula is C15H24N2O2. The fourth-order valence-electron chi connectivity index (χ4n) is 1.60. The third-order valence-electron chi connectivity index (χ3n) is 2.93. The van der Waals surface area contributed by atoms with Crippen molar-refractivity contribution in [3.63, 3.8) is 0 Å². The summed E-state index contributed by atoms with van der Waals surface area (Å²) in [4.78, 5) is 11.1. The smallest absolute Gasteiger partial charge is 0.219 e. The van der Waals surface area contributed by atoms with E-state index in [2.05, 4.69) is 24.5 Å². The van der Waals surface area contributed by atoms with E-state index in [0.717, 1.165) is 30.8 Å². The quantitative estimate of drug-likeness (QED) is 0.710. The van der Waals surface area contributed by atoms with Crippen LogP contribution in [0.25, 0.3) is 0 Å². The number of rotatable bonds is 8. The zero-order valence-electron chi connectivity index (χ0n) is 12.0. The SMILES string of the molecule is CCC(C)Oc1cccc(NCCCC(=O)NC)c1. The van der Waals surface area contributed by atoms with E-state index in [1.165, 1.54) is 0 Å². The molecule has 4 heteroatoms. The van der Waals surface area contributed by atoms with Crippen molar-refractivity contribution in [2.45, 2.75) is 39.2 Å². The molecule has 0 saturated carbocycles. The molecule has 0 spiro atoms. The normalized spacial score (nSPS) is 11.7. The molecule has 2 N–H and O–H groups in total. The van der Waals surface area contributed by atoms with E-state index in [4.69, 9.17) is 4.74 Å². The molecule has 0 aliphatic carbocycles. The van der Waals surface area contributed by atoms with Crippen molar-refractivity contribution >= 4 is 11.6 Å². The Kier molecular flexibility index (Phi) is 6.79. The Morgan fingerprint density at radius 1 is 1.42 bits per heavy atom. The summed E-state index contributed by atoms with van der Waals surface area (Å²) in [6.45, 7) is 4.94. The minimum Gasteiger partial charge on any atom is -0.491 e. The Balaban J connectivity index is 2.37. The van der Waals surface area contributed by atoms with Crippen LogP contribution in [0.3, 0.4) is 0 Å². The second-order valence-electron chi connectivity index (χ2n) is 4.57. The molecule has 106 valence electrons. The third-order valence-corrected chi connectivity index (χ3v) is 2.93. The maximum atomic E-state index is 11.1. The molecule has 0 saturated heterocycles. The van der Waals surface area contributed by atoms with E-state index in [1.54, 1.807) is 7.05 Å². The minimum absolute atomic E-state index is 0.0793. The van der Waals surface area contributed by atoms with Crippen molar-refractivity contribution in [2.24, 2.45) is 0 Å². The lowest BCUT2D eigenvalue weighted by Crippen LogP contribution is -2.18. The molecule has 0 heterocycles. The van der Waals surface area contributed by atoms with Crippen LogP contribution in [-0.2, 0) is 4.79 Å². The van der Waals surface area contributed by atoms with Crippen molar-refractivity contribution in [1.82, 2.24) is 5.32 Å². The number of hydrogen-bond donors (Lipinski definition) is 2. The van der Waals surface area contributed by atoms with Gasteiger partial charge in [0.15, 0.2) is 0 Å². The summed E-state index contributed by atoms with van der Waals surface area (Å²) in [5.74, 6) is 0.960. The van der Waals surface area contributed by atoms with E-state index < -0.39 is 0 Å². The molecule has 0 fully saturated rings. The highest BCUT2D eigenvalue weighted by Gasteiger charge is 2.02. The number of carbonyl (C=O) groups is 1. The van der Waals surface area contributed by atoms with E-state index in [9.17, 15) is 4.79 Å². The number of anilines is 1. The Morgan fingerprint density at radius 3 is 2.89 bits per heavy atom. The Bertz CT molecular complexity index is 393. The fraction of sp³-hybridized carbons (Fsp3) is 0.533. The highest BCUT2D eigenvalue weighted by atomic mass is 16.5. The summed E-state index contributed by atoms with van der Waals surface area (Å²) in [5, 5.41) is 5.91. The van der Waals surface area contributed by atoms with Crippen LogP contribution in [0.4, 0.5) is 5.69 Å². The second kappa shape index (κ2) is 8.40. The van der Waals surface area contributed by atoms with Gasteiger partial charge in [0.05, 0.1) is 6.10 Å². The molecule has 1 atom stereocenters. The molecule has 19 heavy (non-hydrogen) atoms. The predicted molar refractivity (Wildman–Crippen MR) is 78.6 cm³/mol. The van der Waals surface area contributed by atoms with Gasteiger partial charge in [-0.3, -0.25) is 4.79 Å². The first-order chi connectivity index (χ1) is 9.15. The van der Waals surface area contributed by atoms with Gasteiger partial charge < -0.3 is 15.4 Å². The molecule has 1 rings (SSSR count). The fourth-order valence-corrected chi connectivity index (χ4v) is 1.60. The summed E-state index contributed by atoms with van der Waals surface area (Å²) < 4.78 is 5.76. The number of amides is 1. The topological polar surface area (TPSA) is 50.4 Å². The minimum atomic E-state index is 0.0793. The number of hydrogen-bond acceptors (Lipinski definition) is 3. The Labute approximate surface area is 115 Å². The molecule has 0 radical (unpaired) electrons. The average molecular weight is 264 g/mol. The Hall–Kier alpha value is -1.71. The van der Waals surface area contributed by atoms with Crippen LogP contribution >= 0.6 is 0 Å². The van der Waals surface area contributed by atoms with E-state index >= 15 is 0 Å². The van der Waals surface area contributed by atoms with Gasteiger partial charge in [-0.1, -0.05) is 13.0 Å². The predicted octanol–water partition coefficient (Wildman–Crippen LogP) is 2.80. The molecular weight excluding hydrogens is 240 g/mol. The van der Waals surface area contributed by atoms with E-state index in [-0.39, 0.29) is 12.0 Å². The molecule has 0 aliphatic rings. The van der Waals surface area contributed by atoms with Crippen molar-refractivity contribution in [1.29, 1.82) is 0 Å². The van der Waals surface area contributed by atoms with Gasteiger partial charge in [-0.15, -0.1) is 0 Å². The maximum Gasteiger partial charge on any atom is 0.219 e. The third kappa shape index (κ3) is 6.13. The number of nitrogens with one attached hydrogen (secondary N) is 2. The van der Waals surface area contributed by atoms with Gasteiger partial charge >= 0.3 is 0 Å². The monoisotopic (exact) mass is 264 g/mol. The molecule has 0 aromatic heterocycles. The first kappa shape index (κ1) is 15.3. The van der Waals surface area contributed by atoms with Gasteiger partial charge in [-0.2, -0.15) is 0 Å². The van der Waals surface area contributed by atoms with Crippen LogP contribution in [0.2, 0.25) is 0 Å². The van der Waals surface area contributed by atoms with Crippen LogP contribution in [0.15, 0.2) is 24.3 Å².